The molecular weight excluding hydrogens is 238 g/mol. The van der Waals surface area contributed by atoms with Gasteiger partial charge in [0.2, 0.25) is 5.91 Å². The van der Waals surface area contributed by atoms with Gasteiger partial charge in [-0.15, -0.1) is 0 Å². The highest BCUT2D eigenvalue weighted by atomic mass is 16.5. The molecule has 4 fully saturated rings. The topological polar surface area (TPSA) is 38.3 Å². The van der Waals surface area contributed by atoms with Crippen LogP contribution in [0.15, 0.2) is 0 Å². The molecule has 4 rings (SSSR count). The van der Waals surface area contributed by atoms with Crippen molar-refractivity contribution in [2.45, 2.75) is 58.5 Å². The van der Waals surface area contributed by atoms with Gasteiger partial charge in [-0.2, -0.15) is 0 Å². The molecule has 0 heterocycles. The molecule has 4 aliphatic rings. The summed E-state index contributed by atoms with van der Waals surface area (Å²) in [6, 6.07) is 0. The Morgan fingerprint density at radius 2 is 1.68 bits per heavy atom. The van der Waals surface area contributed by atoms with Crippen molar-refractivity contribution < 1.29 is 9.53 Å². The maximum absolute atomic E-state index is 11.8. The monoisotopic (exact) mass is 265 g/mol. The van der Waals surface area contributed by atoms with Crippen LogP contribution in [-0.4, -0.2) is 25.2 Å². The molecule has 0 saturated heterocycles. The van der Waals surface area contributed by atoms with Gasteiger partial charge in [0.15, 0.2) is 0 Å². The number of hydrogen-bond donors (Lipinski definition) is 1. The lowest BCUT2D eigenvalue weighted by atomic mass is 9.49. The summed E-state index contributed by atoms with van der Waals surface area (Å²) in [5.41, 5.74) is 0.433. The van der Waals surface area contributed by atoms with Gasteiger partial charge in [0, 0.05) is 6.54 Å². The fraction of sp³-hybridized carbons (Fsp3) is 0.938. The summed E-state index contributed by atoms with van der Waals surface area (Å²) in [4.78, 5) is 11.8. The van der Waals surface area contributed by atoms with Crippen molar-refractivity contribution in [2.75, 3.05) is 13.2 Å². The zero-order valence-corrected chi connectivity index (χ0v) is 12.3. The van der Waals surface area contributed by atoms with E-state index in [9.17, 15) is 4.79 Å². The van der Waals surface area contributed by atoms with E-state index < -0.39 is 0 Å². The van der Waals surface area contributed by atoms with E-state index in [0.717, 1.165) is 24.3 Å². The molecule has 4 aliphatic carbocycles. The van der Waals surface area contributed by atoms with E-state index in [0.29, 0.717) is 5.41 Å². The highest BCUT2D eigenvalue weighted by Gasteiger charge is 2.50. The number of amides is 1. The molecule has 0 aromatic carbocycles. The van der Waals surface area contributed by atoms with Gasteiger partial charge >= 0.3 is 0 Å². The van der Waals surface area contributed by atoms with Crippen LogP contribution < -0.4 is 5.32 Å². The lowest BCUT2D eigenvalue weighted by Gasteiger charge is -2.56. The molecule has 0 aliphatic heterocycles. The fourth-order valence-corrected chi connectivity index (χ4v) is 5.09. The standard InChI is InChI=1S/C16H27NO2/c1-11(2)19-9-15(18)17-10-16-6-12-3-13(7-16)5-14(4-12)8-16/h11-14H,3-10H2,1-2H3,(H,17,18). The minimum Gasteiger partial charge on any atom is -0.369 e. The first-order chi connectivity index (χ1) is 9.05. The third-order valence-electron chi connectivity index (χ3n) is 5.37. The number of nitrogens with one attached hydrogen (secondary N) is 1. The predicted octanol–water partition coefficient (Wildman–Crippen LogP) is 2.74. The number of ether oxygens (including phenoxy) is 1. The molecule has 3 heteroatoms. The van der Waals surface area contributed by atoms with Crippen LogP contribution in [0.5, 0.6) is 0 Å². The molecule has 19 heavy (non-hydrogen) atoms. The molecule has 1 amide bonds. The quantitative estimate of drug-likeness (QED) is 0.830. The third-order valence-corrected chi connectivity index (χ3v) is 5.37. The Labute approximate surface area is 116 Å². The van der Waals surface area contributed by atoms with Crippen LogP contribution in [0.25, 0.3) is 0 Å². The SMILES string of the molecule is CC(C)OCC(=O)NCC12CC3CC(CC(C3)C1)C2. The van der Waals surface area contributed by atoms with E-state index in [2.05, 4.69) is 5.32 Å². The van der Waals surface area contributed by atoms with Gasteiger partial charge in [0.05, 0.1) is 6.10 Å². The molecule has 4 saturated carbocycles. The molecule has 0 aromatic rings. The molecule has 0 spiro atoms. The first-order valence-electron chi connectivity index (χ1n) is 7.93. The van der Waals surface area contributed by atoms with Gasteiger partial charge in [0.25, 0.3) is 0 Å². The smallest absolute Gasteiger partial charge is 0.246 e. The molecule has 0 aromatic heterocycles. The fourth-order valence-electron chi connectivity index (χ4n) is 5.09. The second kappa shape index (κ2) is 5.08. The van der Waals surface area contributed by atoms with Gasteiger partial charge in [-0.1, -0.05) is 0 Å². The summed E-state index contributed by atoms with van der Waals surface area (Å²) in [5, 5.41) is 3.13. The Balaban J connectivity index is 1.51. The van der Waals surface area contributed by atoms with E-state index in [1.165, 1.54) is 38.5 Å². The minimum absolute atomic E-state index is 0.0597. The van der Waals surface area contributed by atoms with Gasteiger partial charge in [-0.25, -0.2) is 0 Å². The first kappa shape index (κ1) is 13.4. The molecule has 4 bridgehead atoms. The van der Waals surface area contributed by atoms with Crippen molar-refractivity contribution in [2.24, 2.45) is 23.2 Å². The molecule has 0 atom stereocenters. The molecular formula is C16H27NO2. The van der Waals surface area contributed by atoms with Crippen molar-refractivity contribution >= 4 is 5.91 Å². The van der Waals surface area contributed by atoms with Crippen molar-refractivity contribution in [1.82, 2.24) is 5.32 Å². The van der Waals surface area contributed by atoms with Crippen LogP contribution >= 0.6 is 0 Å². The second-order valence-electron chi connectivity index (χ2n) is 7.55. The minimum atomic E-state index is 0.0597. The maximum atomic E-state index is 11.8. The Bertz CT molecular complexity index is 315. The Morgan fingerprint density at radius 3 is 2.16 bits per heavy atom. The summed E-state index contributed by atoms with van der Waals surface area (Å²) in [6.07, 6.45) is 8.57. The summed E-state index contributed by atoms with van der Waals surface area (Å²) >= 11 is 0. The lowest BCUT2D eigenvalue weighted by Crippen LogP contribution is -2.51. The van der Waals surface area contributed by atoms with E-state index in [1.54, 1.807) is 0 Å². The van der Waals surface area contributed by atoms with E-state index in [-0.39, 0.29) is 18.6 Å². The average molecular weight is 265 g/mol. The van der Waals surface area contributed by atoms with Crippen LogP contribution in [0.3, 0.4) is 0 Å². The van der Waals surface area contributed by atoms with Gasteiger partial charge in [-0.05, 0) is 75.5 Å². The number of carbonyl (C=O) groups is 1. The van der Waals surface area contributed by atoms with E-state index >= 15 is 0 Å². The first-order valence-corrected chi connectivity index (χ1v) is 7.93. The molecule has 108 valence electrons. The van der Waals surface area contributed by atoms with Crippen LogP contribution in [0.4, 0.5) is 0 Å². The zero-order chi connectivity index (χ0) is 13.5. The zero-order valence-electron chi connectivity index (χ0n) is 12.3. The number of rotatable bonds is 5. The summed E-state index contributed by atoms with van der Waals surface area (Å²) in [5.74, 6) is 2.92. The second-order valence-corrected chi connectivity index (χ2v) is 7.55. The highest BCUT2D eigenvalue weighted by molar-refractivity contribution is 5.77. The maximum Gasteiger partial charge on any atom is 0.246 e. The Hall–Kier alpha value is -0.570. The van der Waals surface area contributed by atoms with Gasteiger partial charge < -0.3 is 10.1 Å². The normalized spacial score (nSPS) is 39.8. The Kier molecular flexibility index (Phi) is 3.59. The van der Waals surface area contributed by atoms with Crippen molar-refractivity contribution in [3.63, 3.8) is 0 Å². The predicted molar refractivity (Wildman–Crippen MR) is 74.7 cm³/mol. The average Bonchev–Trinajstić information content (AvgIpc) is 2.32. The molecule has 1 N–H and O–H groups in total. The lowest BCUT2D eigenvalue weighted by molar-refractivity contribution is -0.129. The van der Waals surface area contributed by atoms with E-state index in [1.807, 2.05) is 13.8 Å². The van der Waals surface area contributed by atoms with Crippen LogP contribution in [0.1, 0.15) is 52.4 Å². The Morgan fingerprint density at radius 1 is 1.16 bits per heavy atom. The summed E-state index contributed by atoms with van der Waals surface area (Å²) in [6.45, 7) is 5.03. The summed E-state index contributed by atoms with van der Waals surface area (Å²) < 4.78 is 5.36. The van der Waals surface area contributed by atoms with Crippen molar-refractivity contribution in [3.8, 4) is 0 Å². The van der Waals surface area contributed by atoms with Crippen molar-refractivity contribution in [1.29, 1.82) is 0 Å². The van der Waals surface area contributed by atoms with Gasteiger partial charge in [0.1, 0.15) is 6.61 Å². The van der Waals surface area contributed by atoms with Crippen LogP contribution in [0.2, 0.25) is 0 Å². The van der Waals surface area contributed by atoms with Crippen molar-refractivity contribution in [3.05, 3.63) is 0 Å². The van der Waals surface area contributed by atoms with Crippen LogP contribution in [-0.2, 0) is 9.53 Å². The van der Waals surface area contributed by atoms with Crippen LogP contribution in [0, 0.1) is 23.2 Å². The largest absolute Gasteiger partial charge is 0.369 e. The molecule has 0 unspecified atom stereocenters. The summed E-state index contributed by atoms with van der Waals surface area (Å²) in [7, 11) is 0. The molecule has 0 radical (unpaired) electrons. The van der Waals surface area contributed by atoms with Gasteiger partial charge in [-0.3, -0.25) is 4.79 Å². The number of hydrogen-bond acceptors (Lipinski definition) is 2. The third kappa shape index (κ3) is 2.96. The van der Waals surface area contributed by atoms with E-state index in [4.69, 9.17) is 4.74 Å². The highest BCUT2D eigenvalue weighted by Crippen LogP contribution is 2.59. The number of carbonyl (C=O) groups excluding carboxylic acids is 1. The molecule has 3 nitrogen and oxygen atoms in total.